The summed E-state index contributed by atoms with van der Waals surface area (Å²) in [4.78, 5) is 11.9. The van der Waals surface area contributed by atoms with E-state index in [1.807, 2.05) is 12.1 Å². The molecule has 5 heteroatoms. The molecule has 112 valence electrons. The summed E-state index contributed by atoms with van der Waals surface area (Å²) in [7, 11) is 1.57. The van der Waals surface area contributed by atoms with E-state index >= 15 is 0 Å². The van der Waals surface area contributed by atoms with Crippen LogP contribution in [0.2, 0.25) is 0 Å². The van der Waals surface area contributed by atoms with E-state index in [1.165, 1.54) is 5.56 Å². The number of carbonyl (C=O) groups excluding carboxylic acids is 1. The van der Waals surface area contributed by atoms with E-state index in [-0.39, 0.29) is 17.4 Å². The Kier molecular flexibility index (Phi) is 6.65. The molecule has 0 heterocycles. The smallest absolute Gasteiger partial charge is 0.222 e. The van der Waals surface area contributed by atoms with Crippen LogP contribution in [-0.4, -0.2) is 32.2 Å². The van der Waals surface area contributed by atoms with Crippen molar-refractivity contribution in [3.8, 4) is 0 Å². The molecule has 4 nitrogen and oxygen atoms in total. The maximum Gasteiger partial charge on any atom is 0.222 e. The van der Waals surface area contributed by atoms with Gasteiger partial charge in [-0.25, -0.2) is 0 Å². The Labute approximate surface area is 129 Å². The fourth-order valence-corrected chi connectivity index (χ4v) is 2.27. The Morgan fingerprint density at radius 2 is 2.20 bits per heavy atom. The zero-order valence-electron chi connectivity index (χ0n) is 12.3. The van der Waals surface area contributed by atoms with Crippen LogP contribution in [0.3, 0.4) is 0 Å². The molecule has 0 saturated carbocycles. The first-order valence-corrected chi connectivity index (χ1v) is 7.44. The molecule has 1 unspecified atom stereocenters. The number of nitrogens with one attached hydrogen (secondary N) is 1. The lowest BCUT2D eigenvalue weighted by Gasteiger charge is -2.26. The van der Waals surface area contributed by atoms with Crippen molar-refractivity contribution in [1.82, 2.24) is 5.32 Å². The van der Waals surface area contributed by atoms with Crippen LogP contribution in [0.1, 0.15) is 25.8 Å². The van der Waals surface area contributed by atoms with Crippen LogP contribution in [0.4, 0.5) is 0 Å². The molecule has 0 saturated heterocycles. The van der Waals surface area contributed by atoms with Crippen molar-refractivity contribution in [1.29, 1.82) is 0 Å². The number of carbonyl (C=O) groups is 1. The molecule has 0 bridgehead atoms. The Hall–Kier alpha value is -0.910. The normalized spacial score (nSPS) is 13.1. The summed E-state index contributed by atoms with van der Waals surface area (Å²) in [6.07, 6.45) is 0.0747. The third kappa shape index (κ3) is 5.23. The second-order valence-electron chi connectivity index (χ2n) is 5.47. The standard InChI is InChI=1S/C15H23BrN2O2/c1-15(2,11-5-4-6-12(16)7-11)10-18-14(19)8-13(9-17)20-3/h4-7,13H,8-10,17H2,1-3H3,(H,18,19). The van der Waals surface area contributed by atoms with Gasteiger partial charge in [-0.2, -0.15) is 0 Å². The lowest BCUT2D eigenvalue weighted by molar-refractivity contribution is -0.123. The average molecular weight is 343 g/mol. The first kappa shape index (κ1) is 17.1. The lowest BCUT2D eigenvalue weighted by atomic mass is 9.84. The Morgan fingerprint density at radius 1 is 1.50 bits per heavy atom. The number of hydrogen-bond donors (Lipinski definition) is 2. The maximum atomic E-state index is 11.9. The summed E-state index contributed by atoms with van der Waals surface area (Å²) in [6.45, 7) is 5.12. The largest absolute Gasteiger partial charge is 0.380 e. The molecule has 1 amide bonds. The monoisotopic (exact) mass is 342 g/mol. The first-order valence-electron chi connectivity index (χ1n) is 6.64. The minimum Gasteiger partial charge on any atom is -0.380 e. The number of halogens is 1. The number of nitrogens with two attached hydrogens (primary N) is 1. The summed E-state index contributed by atoms with van der Waals surface area (Å²) in [5.74, 6) is -0.0367. The molecule has 0 aliphatic carbocycles. The predicted octanol–water partition coefficient (Wildman–Crippen LogP) is 2.21. The van der Waals surface area contributed by atoms with Crippen LogP contribution in [0.15, 0.2) is 28.7 Å². The molecule has 1 aromatic carbocycles. The second-order valence-corrected chi connectivity index (χ2v) is 6.38. The van der Waals surface area contributed by atoms with Gasteiger partial charge in [-0.15, -0.1) is 0 Å². The van der Waals surface area contributed by atoms with Crippen LogP contribution >= 0.6 is 15.9 Å². The molecule has 0 aromatic heterocycles. The van der Waals surface area contributed by atoms with Gasteiger partial charge in [-0.05, 0) is 17.7 Å². The van der Waals surface area contributed by atoms with Crippen molar-refractivity contribution < 1.29 is 9.53 Å². The maximum absolute atomic E-state index is 11.9. The highest BCUT2D eigenvalue weighted by atomic mass is 79.9. The minimum atomic E-state index is -0.219. The van der Waals surface area contributed by atoms with Gasteiger partial charge < -0.3 is 15.8 Å². The highest BCUT2D eigenvalue weighted by molar-refractivity contribution is 9.10. The highest BCUT2D eigenvalue weighted by Crippen LogP contribution is 2.25. The predicted molar refractivity (Wildman–Crippen MR) is 84.6 cm³/mol. The van der Waals surface area contributed by atoms with Gasteiger partial charge in [0.25, 0.3) is 0 Å². The number of rotatable bonds is 7. The summed E-state index contributed by atoms with van der Waals surface area (Å²) in [5.41, 5.74) is 6.55. The van der Waals surface area contributed by atoms with Crippen molar-refractivity contribution in [3.05, 3.63) is 34.3 Å². The van der Waals surface area contributed by atoms with Gasteiger partial charge >= 0.3 is 0 Å². The van der Waals surface area contributed by atoms with Crippen LogP contribution in [0.5, 0.6) is 0 Å². The zero-order chi connectivity index (χ0) is 15.2. The van der Waals surface area contributed by atoms with Gasteiger partial charge in [0.2, 0.25) is 5.91 Å². The summed E-state index contributed by atoms with van der Waals surface area (Å²) in [5, 5.41) is 2.95. The van der Waals surface area contributed by atoms with Crippen molar-refractivity contribution in [2.45, 2.75) is 31.8 Å². The molecule has 1 aromatic rings. The topological polar surface area (TPSA) is 64.3 Å². The summed E-state index contributed by atoms with van der Waals surface area (Å²) in [6, 6.07) is 8.12. The summed E-state index contributed by atoms with van der Waals surface area (Å²) < 4.78 is 6.15. The lowest BCUT2D eigenvalue weighted by Crippen LogP contribution is -2.39. The van der Waals surface area contributed by atoms with E-state index in [0.717, 1.165) is 4.47 Å². The molecule has 3 N–H and O–H groups in total. The average Bonchev–Trinajstić information content (AvgIpc) is 2.42. The molecule has 0 fully saturated rings. The third-order valence-electron chi connectivity index (χ3n) is 3.34. The van der Waals surface area contributed by atoms with E-state index < -0.39 is 0 Å². The minimum absolute atomic E-state index is 0.0367. The second kappa shape index (κ2) is 7.76. The molecular formula is C15H23BrN2O2. The fraction of sp³-hybridized carbons (Fsp3) is 0.533. The number of ether oxygens (including phenoxy) is 1. The molecule has 0 aliphatic rings. The molecule has 1 atom stereocenters. The number of benzene rings is 1. The third-order valence-corrected chi connectivity index (χ3v) is 3.84. The molecular weight excluding hydrogens is 320 g/mol. The van der Waals surface area contributed by atoms with Crippen LogP contribution in [-0.2, 0) is 14.9 Å². The fourth-order valence-electron chi connectivity index (χ4n) is 1.87. The Bertz CT molecular complexity index is 445. The number of hydrogen-bond acceptors (Lipinski definition) is 3. The molecule has 0 spiro atoms. The van der Waals surface area contributed by atoms with Crippen LogP contribution in [0, 0.1) is 0 Å². The number of amides is 1. The zero-order valence-corrected chi connectivity index (χ0v) is 13.9. The number of methoxy groups -OCH3 is 1. The van der Waals surface area contributed by atoms with Gasteiger partial charge in [0.05, 0.1) is 12.5 Å². The Morgan fingerprint density at radius 3 is 2.75 bits per heavy atom. The van der Waals surface area contributed by atoms with E-state index in [4.69, 9.17) is 10.5 Å². The molecule has 1 rings (SSSR count). The van der Waals surface area contributed by atoms with Gasteiger partial charge in [0.15, 0.2) is 0 Å². The highest BCUT2D eigenvalue weighted by Gasteiger charge is 2.22. The van der Waals surface area contributed by atoms with Crippen molar-refractivity contribution in [2.75, 3.05) is 20.2 Å². The molecule has 0 aliphatic heterocycles. The van der Waals surface area contributed by atoms with Gasteiger partial charge in [0, 0.05) is 30.1 Å². The van der Waals surface area contributed by atoms with Crippen LogP contribution < -0.4 is 11.1 Å². The van der Waals surface area contributed by atoms with E-state index in [9.17, 15) is 4.79 Å². The molecule has 0 radical (unpaired) electrons. The van der Waals surface area contributed by atoms with Gasteiger partial charge in [-0.1, -0.05) is 41.9 Å². The van der Waals surface area contributed by atoms with Crippen molar-refractivity contribution >= 4 is 21.8 Å². The van der Waals surface area contributed by atoms with Gasteiger partial charge in [0.1, 0.15) is 0 Å². The van der Waals surface area contributed by atoms with Crippen molar-refractivity contribution in [2.24, 2.45) is 5.73 Å². The first-order chi connectivity index (χ1) is 9.39. The SMILES string of the molecule is COC(CN)CC(=O)NCC(C)(C)c1cccc(Br)c1. The van der Waals surface area contributed by atoms with E-state index in [1.54, 1.807) is 7.11 Å². The van der Waals surface area contributed by atoms with Crippen molar-refractivity contribution in [3.63, 3.8) is 0 Å². The molecule has 20 heavy (non-hydrogen) atoms. The van der Waals surface area contributed by atoms with E-state index in [2.05, 4.69) is 47.2 Å². The van der Waals surface area contributed by atoms with Crippen LogP contribution in [0.25, 0.3) is 0 Å². The summed E-state index contributed by atoms with van der Waals surface area (Å²) >= 11 is 3.47. The van der Waals surface area contributed by atoms with E-state index in [0.29, 0.717) is 19.5 Å². The Balaban J connectivity index is 2.57. The quantitative estimate of drug-likeness (QED) is 0.798. The van der Waals surface area contributed by atoms with Gasteiger partial charge in [-0.3, -0.25) is 4.79 Å².